The van der Waals surface area contributed by atoms with Gasteiger partial charge in [-0.05, 0) is 44.9 Å². The molecule has 1 atom stereocenters. The molecule has 1 fully saturated rings. The second-order valence-corrected chi connectivity index (χ2v) is 5.80. The highest BCUT2D eigenvalue weighted by molar-refractivity contribution is 5.97. The first kappa shape index (κ1) is 15.9. The zero-order chi connectivity index (χ0) is 15.4. The molecular formula is C16H22FNO3. The fourth-order valence-electron chi connectivity index (χ4n) is 2.79. The van der Waals surface area contributed by atoms with Crippen molar-refractivity contribution in [3.8, 4) is 5.75 Å². The van der Waals surface area contributed by atoms with Gasteiger partial charge in [0.25, 0.3) is 0 Å². The van der Waals surface area contributed by atoms with Crippen molar-refractivity contribution in [2.24, 2.45) is 5.92 Å². The normalized spacial score (nSPS) is 19.0. The van der Waals surface area contributed by atoms with Gasteiger partial charge in [-0.25, -0.2) is 4.39 Å². The molecule has 1 N–H and O–H groups in total. The van der Waals surface area contributed by atoms with E-state index in [9.17, 15) is 14.3 Å². The van der Waals surface area contributed by atoms with Crippen LogP contribution in [0.15, 0.2) is 12.1 Å². The predicted octanol–water partition coefficient (Wildman–Crippen LogP) is 2.59. The standard InChI is InChI=1S/C16H22FNO3/c1-11(19)15-7-14(17)6-13(16(15)20)9-18(2)8-12-4-3-5-21-10-12/h6-7,12,20H,3-5,8-10H2,1-2H3. The van der Waals surface area contributed by atoms with Gasteiger partial charge in [0.05, 0.1) is 12.2 Å². The van der Waals surface area contributed by atoms with Gasteiger partial charge in [-0.3, -0.25) is 4.79 Å². The number of carbonyl (C=O) groups is 1. The summed E-state index contributed by atoms with van der Waals surface area (Å²) in [5, 5.41) is 10.1. The molecule has 1 aromatic rings. The van der Waals surface area contributed by atoms with Crippen molar-refractivity contribution in [3.63, 3.8) is 0 Å². The number of hydrogen-bond acceptors (Lipinski definition) is 4. The highest BCUT2D eigenvalue weighted by atomic mass is 19.1. The van der Waals surface area contributed by atoms with E-state index in [4.69, 9.17) is 4.74 Å². The third kappa shape index (κ3) is 4.25. The first-order valence-electron chi connectivity index (χ1n) is 7.26. The lowest BCUT2D eigenvalue weighted by atomic mass is 10.0. The molecule has 1 unspecified atom stereocenters. The molecule has 1 saturated heterocycles. The Morgan fingerprint density at radius 2 is 2.29 bits per heavy atom. The molecule has 0 aliphatic carbocycles. The molecule has 1 aromatic carbocycles. The Bertz CT molecular complexity index is 512. The van der Waals surface area contributed by atoms with Crippen molar-refractivity contribution in [3.05, 3.63) is 29.1 Å². The number of nitrogens with zero attached hydrogens (tertiary/aromatic N) is 1. The van der Waals surface area contributed by atoms with Crippen LogP contribution in [-0.4, -0.2) is 42.6 Å². The van der Waals surface area contributed by atoms with Crippen molar-refractivity contribution < 1.29 is 19.0 Å². The Balaban J connectivity index is 2.06. The van der Waals surface area contributed by atoms with Crippen LogP contribution in [0, 0.1) is 11.7 Å². The van der Waals surface area contributed by atoms with Crippen LogP contribution in [0.2, 0.25) is 0 Å². The molecule has 0 spiro atoms. The first-order valence-corrected chi connectivity index (χ1v) is 7.26. The highest BCUT2D eigenvalue weighted by Gasteiger charge is 2.18. The summed E-state index contributed by atoms with van der Waals surface area (Å²) in [7, 11) is 1.92. The van der Waals surface area contributed by atoms with Gasteiger partial charge < -0.3 is 14.7 Å². The predicted molar refractivity (Wildman–Crippen MR) is 77.9 cm³/mol. The van der Waals surface area contributed by atoms with E-state index in [1.807, 2.05) is 11.9 Å². The third-order valence-corrected chi connectivity index (χ3v) is 3.80. The summed E-state index contributed by atoms with van der Waals surface area (Å²) in [5.41, 5.74) is 0.485. The molecule has 1 aliphatic heterocycles. The number of benzene rings is 1. The average molecular weight is 295 g/mol. The fourth-order valence-corrected chi connectivity index (χ4v) is 2.79. The molecule has 0 aromatic heterocycles. The number of Topliss-reactive ketones (excluding diaryl/α,β-unsaturated/α-hetero) is 1. The molecule has 0 radical (unpaired) electrons. The zero-order valence-corrected chi connectivity index (χ0v) is 12.6. The van der Waals surface area contributed by atoms with Gasteiger partial charge in [-0.2, -0.15) is 0 Å². The number of rotatable bonds is 5. The number of ether oxygens (including phenoxy) is 1. The lowest BCUT2D eigenvalue weighted by Crippen LogP contribution is -2.30. The zero-order valence-electron chi connectivity index (χ0n) is 12.6. The van der Waals surface area contributed by atoms with Crippen LogP contribution in [0.25, 0.3) is 0 Å². The van der Waals surface area contributed by atoms with Crippen LogP contribution in [0.5, 0.6) is 5.75 Å². The van der Waals surface area contributed by atoms with Crippen molar-refractivity contribution >= 4 is 5.78 Å². The SMILES string of the molecule is CC(=O)c1cc(F)cc(CN(C)CC2CCCOC2)c1O. The number of aromatic hydroxyl groups is 1. The van der Waals surface area contributed by atoms with Crippen LogP contribution < -0.4 is 0 Å². The Morgan fingerprint density at radius 3 is 2.90 bits per heavy atom. The van der Waals surface area contributed by atoms with Gasteiger partial charge in [0.1, 0.15) is 11.6 Å². The fraction of sp³-hybridized carbons (Fsp3) is 0.562. The monoisotopic (exact) mass is 295 g/mol. The van der Waals surface area contributed by atoms with Crippen molar-refractivity contribution in [1.82, 2.24) is 4.90 Å². The topological polar surface area (TPSA) is 49.8 Å². The number of halogens is 1. The van der Waals surface area contributed by atoms with E-state index >= 15 is 0 Å². The minimum Gasteiger partial charge on any atom is -0.507 e. The molecule has 0 saturated carbocycles. The highest BCUT2D eigenvalue weighted by Crippen LogP contribution is 2.26. The maximum atomic E-state index is 13.6. The number of phenols is 1. The molecule has 0 amide bonds. The lowest BCUT2D eigenvalue weighted by molar-refractivity contribution is 0.0410. The van der Waals surface area contributed by atoms with Crippen molar-refractivity contribution in [2.45, 2.75) is 26.3 Å². The Kier molecular flexibility index (Phi) is 5.31. The number of phenolic OH excluding ortho intramolecular Hbond substituents is 1. The molecule has 2 rings (SSSR count). The largest absolute Gasteiger partial charge is 0.507 e. The molecule has 21 heavy (non-hydrogen) atoms. The van der Waals surface area contributed by atoms with E-state index in [1.165, 1.54) is 13.0 Å². The lowest BCUT2D eigenvalue weighted by Gasteiger charge is -2.27. The maximum Gasteiger partial charge on any atom is 0.163 e. The van der Waals surface area contributed by atoms with Gasteiger partial charge in [-0.15, -0.1) is 0 Å². The second kappa shape index (κ2) is 7.00. The molecule has 1 aliphatic rings. The molecule has 1 heterocycles. The van der Waals surface area contributed by atoms with E-state index < -0.39 is 5.82 Å². The van der Waals surface area contributed by atoms with Crippen LogP contribution >= 0.6 is 0 Å². The molecule has 5 heteroatoms. The second-order valence-electron chi connectivity index (χ2n) is 5.80. The van der Waals surface area contributed by atoms with Gasteiger partial charge in [0.2, 0.25) is 0 Å². The molecule has 0 bridgehead atoms. The molecule has 116 valence electrons. The van der Waals surface area contributed by atoms with E-state index in [2.05, 4.69) is 0 Å². The van der Waals surface area contributed by atoms with E-state index in [1.54, 1.807) is 0 Å². The van der Waals surface area contributed by atoms with Gasteiger partial charge in [-0.1, -0.05) is 0 Å². The quantitative estimate of drug-likeness (QED) is 0.848. The minimum absolute atomic E-state index is 0.0411. The summed E-state index contributed by atoms with van der Waals surface area (Å²) in [5.74, 6) is -0.485. The first-order chi connectivity index (χ1) is 9.97. The van der Waals surface area contributed by atoms with Crippen LogP contribution in [0.3, 0.4) is 0 Å². The van der Waals surface area contributed by atoms with Gasteiger partial charge >= 0.3 is 0 Å². The van der Waals surface area contributed by atoms with Gasteiger partial charge in [0.15, 0.2) is 5.78 Å². The molecular weight excluding hydrogens is 273 g/mol. The summed E-state index contributed by atoms with van der Waals surface area (Å²) in [6.45, 7) is 4.12. The maximum absolute atomic E-state index is 13.6. The van der Waals surface area contributed by atoms with E-state index in [0.717, 1.165) is 38.7 Å². The Hall–Kier alpha value is -1.46. The van der Waals surface area contributed by atoms with Crippen LogP contribution in [0.4, 0.5) is 4.39 Å². The number of hydrogen-bond donors (Lipinski definition) is 1. The van der Waals surface area contributed by atoms with Crippen molar-refractivity contribution in [1.29, 1.82) is 0 Å². The van der Waals surface area contributed by atoms with Gasteiger partial charge in [0, 0.05) is 25.3 Å². The van der Waals surface area contributed by atoms with E-state index in [0.29, 0.717) is 18.0 Å². The number of carbonyl (C=O) groups excluding carboxylic acids is 1. The number of ketones is 1. The van der Waals surface area contributed by atoms with Crippen LogP contribution in [-0.2, 0) is 11.3 Å². The summed E-state index contributed by atoms with van der Waals surface area (Å²) < 4.78 is 19.0. The Morgan fingerprint density at radius 1 is 1.52 bits per heavy atom. The smallest absolute Gasteiger partial charge is 0.163 e. The summed E-state index contributed by atoms with van der Waals surface area (Å²) >= 11 is 0. The van der Waals surface area contributed by atoms with Crippen LogP contribution in [0.1, 0.15) is 35.7 Å². The van der Waals surface area contributed by atoms with Crippen molar-refractivity contribution in [2.75, 3.05) is 26.8 Å². The third-order valence-electron chi connectivity index (χ3n) is 3.80. The Labute approximate surface area is 124 Å². The van der Waals surface area contributed by atoms with E-state index in [-0.39, 0.29) is 17.1 Å². The summed E-state index contributed by atoms with van der Waals surface area (Å²) in [6, 6.07) is 2.37. The molecule has 4 nitrogen and oxygen atoms in total. The summed E-state index contributed by atoms with van der Waals surface area (Å²) in [6.07, 6.45) is 2.19. The minimum atomic E-state index is -0.498. The average Bonchev–Trinajstić information content (AvgIpc) is 2.43. The summed E-state index contributed by atoms with van der Waals surface area (Å²) in [4.78, 5) is 13.4.